The molecule has 4 nitrogen and oxygen atoms in total. The standard InChI is InChI=1S/C17H23NO3/c1-12-6-8-14(9-7-12)17(21)18-15-5-3-2-4-13(15)10-11-16(19)20/h2-5,12,14H,6-11H2,1H3,(H,18,21)(H,19,20). The van der Waals surface area contributed by atoms with E-state index in [2.05, 4.69) is 12.2 Å². The van der Waals surface area contributed by atoms with Gasteiger partial charge in [-0.1, -0.05) is 25.1 Å². The number of carbonyl (C=O) groups excluding carboxylic acids is 1. The molecule has 1 saturated carbocycles. The summed E-state index contributed by atoms with van der Waals surface area (Å²) < 4.78 is 0. The number of carboxylic acids is 1. The molecule has 2 N–H and O–H groups in total. The van der Waals surface area contributed by atoms with E-state index in [1.165, 1.54) is 0 Å². The van der Waals surface area contributed by atoms with Crippen LogP contribution in [-0.4, -0.2) is 17.0 Å². The Hall–Kier alpha value is -1.84. The van der Waals surface area contributed by atoms with Crippen molar-refractivity contribution in [3.8, 4) is 0 Å². The number of aliphatic carboxylic acids is 1. The molecule has 21 heavy (non-hydrogen) atoms. The molecule has 0 aromatic heterocycles. The minimum atomic E-state index is -0.822. The number of nitrogens with one attached hydrogen (secondary N) is 1. The van der Waals surface area contributed by atoms with E-state index in [1.54, 1.807) is 0 Å². The Balaban J connectivity index is 1.98. The number of carboxylic acid groups (broad SMARTS) is 1. The third-order valence-corrected chi connectivity index (χ3v) is 4.27. The van der Waals surface area contributed by atoms with Gasteiger partial charge in [-0.15, -0.1) is 0 Å². The van der Waals surface area contributed by atoms with Crippen molar-refractivity contribution in [2.75, 3.05) is 5.32 Å². The lowest BCUT2D eigenvalue weighted by Crippen LogP contribution is -2.27. The molecule has 1 aliphatic rings. The maximum Gasteiger partial charge on any atom is 0.303 e. The third-order valence-electron chi connectivity index (χ3n) is 4.27. The Morgan fingerprint density at radius 2 is 1.86 bits per heavy atom. The SMILES string of the molecule is CC1CCC(C(=O)Nc2ccccc2CCC(=O)O)CC1. The number of aryl methyl sites for hydroxylation is 1. The third kappa shape index (κ3) is 4.59. The van der Waals surface area contributed by atoms with Crippen LogP contribution < -0.4 is 5.32 Å². The van der Waals surface area contributed by atoms with Crippen LogP contribution in [0.5, 0.6) is 0 Å². The van der Waals surface area contributed by atoms with Crippen molar-refractivity contribution in [2.24, 2.45) is 11.8 Å². The number of carbonyl (C=O) groups is 2. The Kier molecular flexibility index (Phi) is 5.37. The molecule has 4 heteroatoms. The Bertz CT molecular complexity index is 505. The largest absolute Gasteiger partial charge is 0.481 e. The fourth-order valence-corrected chi connectivity index (χ4v) is 2.86. The van der Waals surface area contributed by atoms with E-state index in [4.69, 9.17) is 5.11 Å². The second kappa shape index (κ2) is 7.25. The molecular formula is C17H23NO3. The zero-order valence-electron chi connectivity index (χ0n) is 12.5. The fraction of sp³-hybridized carbons (Fsp3) is 0.529. The number of amides is 1. The van der Waals surface area contributed by atoms with Gasteiger partial charge in [0, 0.05) is 18.0 Å². The van der Waals surface area contributed by atoms with E-state index in [9.17, 15) is 9.59 Å². The minimum absolute atomic E-state index is 0.0738. The highest BCUT2D eigenvalue weighted by atomic mass is 16.4. The first-order chi connectivity index (χ1) is 10.1. The van der Waals surface area contributed by atoms with Gasteiger partial charge < -0.3 is 10.4 Å². The maximum atomic E-state index is 12.3. The number of benzene rings is 1. The number of para-hydroxylation sites is 1. The summed E-state index contributed by atoms with van der Waals surface area (Å²) in [6, 6.07) is 7.46. The molecule has 1 aliphatic carbocycles. The first kappa shape index (κ1) is 15.5. The number of anilines is 1. The molecule has 0 aliphatic heterocycles. The van der Waals surface area contributed by atoms with Gasteiger partial charge in [-0.3, -0.25) is 9.59 Å². The summed E-state index contributed by atoms with van der Waals surface area (Å²) >= 11 is 0. The van der Waals surface area contributed by atoms with Crippen LogP contribution in [0.1, 0.15) is 44.6 Å². The minimum Gasteiger partial charge on any atom is -0.481 e. The maximum absolute atomic E-state index is 12.3. The average Bonchev–Trinajstić information content (AvgIpc) is 2.47. The molecule has 1 aromatic rings. The van der Waals surface area contributed by atoms with Gasteiger partial charge in [0.15, 0.2) is 0 Å². The van der Waals surface area contributed by atoms with Gasteiger partial charge in [0.2, 0.25) is 5.91 Å². The van der Waals surface area contributed by atoms with Crippen molar-refractivity contribution < 1.29 is 14.7 Å². The lowest BCUT2D eigenvalue weighted by molar-refractivity contribution is -0.137. The van der Waals surface area contributed by atoms with Crippen LogP contribution in [0.2, 0.25) is 0 Å². The monoisotopic (exact) mass is 289 g/mol. The zero-order chi connectivity index (χ0) is 15.2. The van der Waals surface area contributed by atoms with Crippen molar-refractivity contribution >= 4 is 17.6 Å². The normalized spacial score (nSPS) is 21.8. The molecule has 1 aromatic carbocycles. The Morgan fingerprint density at radius 1 is 1.19 bits per heavy atom. The number of hydrogen-bond acceptors (Lipinski definition) is 2. The van der Waals surface area contributed by atoms with E-state index in [0.717, 1.165) is 42.9 Å². The van der Waals surface area contributed by atoms with Crippen molar-refractivity contribution in [3.63, 3.8) is 0 Å². The summed E-state index contributed by atoms with van der Waals surface area (Å²) in [5, 5.41) is 11.8. The smallest absolute Gasteiger partial charge is 0.303 e. The molecule has 0 spiro atoms. The molecule has 1 amide bonds. The zero-order valence-corrected chi connectivity index (χ0v) is 12.5. The van der Waals surface area contributed by atoms with Crippen molar-refractivity contribution in [1.82, 2.24) is 0 Å². The second-order valence-electron chi connectivity index (χ2n) is 6.00. The summed E-state index contributed by atoms with van der Waals surface area (Å²) in [4.78, 5) is 23.0. The molecule has 2 rings (SSSR count). The predicted octanol–water partition coefficient (Wildman–Crippen LogP) is 3.47. The van der Waals surface area contributed by atoms with Crippen LogP contribution in [0.4, 0.5) is 5.69 Å². The van der Waals surface area contributed by atoms with Gasteiger partial charge in [-0.25, -0.2) is 0 Å². The highest BCUT2D eigenvalue weighted by Crippen LogP contribution is 2.29. The van der Waals surface area contributed by atoms with Crippen LogP contribution in [0.3, 0.4) is 0 Å². The van der Waals surface area contributed by atoms with Gasteiger partial charge in [0.25, 0.3) is 0 Å². The quantitative estimate of drug-likeness (QED) is 0.872. The van der Waals surface area contributed by atoms with Crippen LogP contribution in [-0.2, 0) is 16.0 Å². The highest BCUT2D eigenvalue weighted by Gasteiger charge is 2.24. The van der Waals surface area contributed by atoms with E-state index in [1.807, 2.05) is 24.3 Å². The van der Waals surface area contributed by atoms with Crippen LogP contribution in [0.15, 0.2) is 24.3 Å². The molecule has 0 atom stereocenters. The van der Waals surface area contributed by atoms with Crippen molar-refractivity contribution in [3.05, 3.63) is 29.8 Å². The van der Waals surface area contributed by atoms with Crippen LogP contribution >= 0.6 is 0 Å². The van der Waals surface area contributed by atoms with Gasteiger partial charge in [0.05, 0.1) is 0 Å². The van der Waals surface area contributed by atoms with Crippen LogP contribution in [0.25, 0.3) is 0 Å². The summed E-state index contributed by atoms with van der Waals surface area (Å²) in [6.07, 6.45) is 4.63. The van der Waals surface area contributed by atoms with Gasteiger partial charge in [-0.2, -0.15) is 0 Å². The Morgan fingerprint density at radius 3 is 2.52 bits per heavy atom. The summed E-state index contributed by atoms with van der Waals surface area (Å²) in [5.74, 6) is 0.0627. The molecule has 0 heterocycles. The van der Waals surface area contributed by atoms with Crippen molar-refractivity contribution in [2.45, 2.75) is 45.4 Å². The number of rotatable bonds is 5. The lowest BCUT2D eigenvalue weighted by Gasteiger charge is -2.25. The molecule has 0 radical (unpaired) electrons. The molecule has 0 unspecified atom stereocenters. The predicted molar refractivity (Wildman–Crippen MR) is 82.2 cm³/mol. The number of hydrogen-bond donors (Lipinski definition) is 2. The average molecular weight is 289 g/mol. The Labute approximate surface area is 125 Å². The summed E-state index contributed by atoms with van der Waals surface area (Å²) in [5.41, 5.74) is 1.64. The molecular weight excluding hydrogens is 266 g/mol. The first-order valence-corrected chi connectivity index (χ1v) is 7.67. The lowest BCUT2D eigenvalue weighted by atomic mass is 9.82. The summed E-state index contributed by atoms with van der Waals surface area (Å²) in [6.45, 7) is 2.23. The fourth-order valence-electron chi connectivity index (χ4n) is 2.86. The van der Waals surface area contributed by atoms with E-state index >= 15 is 0 Å². The van der Waals surface area contributed by atoms with Gasteiger partial charge in [-0.05, 0) is 49.7 Å². The molecule has 1 fully saturated rings. The van der Waals surface area contributed by atoms with Gasteiger partial charge in [0.1, 0.15) is 0 Å². The first-order valence-electron chi connectivity index (χ1n) is 7.67. The van der Waals surface area contributed by atoms with Crippen molar-refractivity contribution in [1.29, 1.82) is 0 Å². The van der Waals surface area contributed by atoms with E-state index in [-0.39, 0.29) is 18.2 Å². The van der Waals surface area contributed by atoms with Gasteiger partial charge >= 0.3 is 5.97 Å². The summed E-state index contributed by atoms with van der Waals surface area (Å²) in [7, 11) is 0. The van der Waals surface area contributed by atoms with E-state index < -0.39 is 5.97 Å². The molecule has 0 saturated heterocycles. The second-order valence-corrected chi connectivity index (χ2v) is 6.00. The molecule has 114 valence electrons. The highest BCUT2D eigenvalue weighted by molar-refractivity contribution is 5.93. The molecule has 0 bridgehead atoms. The van der Waals surface area contributed by atoms with Crippen LogP contribution in [0, 0.1) is 11.8 Å². The topological polar surface area (TPSA) is 66.4 Å². The van der Waals surface area contributed by atoms with E-state index in [0.29, 0.717) is 6.42 Å².